The van der Waals surface area contributed by atoms with E-state index in [4.69, 9.17) is 5.84 Å². The van der Waals surface area contributed by atoms with E-state index in [2.05, 4.69) is 57.2 Å². The van der Waals surface area contributed by atoms with E-state index < -0.39 is 0 Å². The summed E-state index contributed by atoms with van der Waals surface area (Å²) in [7, 11) is 0. The van der Waals surface area contributed by atoms with E-state index in [0.717, 1.165) is 20.6 Å². The molecule has 92 valence electrons. The van der Waals surface area contributed by atoms with Crippen molar-refractivity contribution in [3.8, 4) is 0 Å². The van der Waals surface area contributed by atoms with Gasteiger partial charge in [0.15, 0.2) is 0 Å². The van der Waals surface area contributed by atoms with E-state index in [1.54, 1.807) is 11.3 Å². The van der Waals surface area contributed by atoms with Gasteiger partial charge in [-0.25, -0.2) is 0 Å². The third-order valence-electron chi connectivity index (χ3n) is 2.48. The zero-order valence-corrected chi connectivity index (χ0v) is 13.6. The van der Waals surface area contributed by atoms with Crippen molar-refractivity contribution < 1.29 is 0 Å². The van der Waals surface area contributed by atoms with Gasteiger partial charge < -0.3 is 0 Å². The summed E-state index contributed by atoms with van der Waals surface area (Å²) < 4.78 is 2.24. The summed E-state index contributed by atoms with van der Waals surface area (Å²) in [5.74, 6) is 6.37. The minimum Gasteiger partial charge on any atom is -0.271 e. The van der Waals surface area contributed by atoms with Gasteiger partial charge in [0.1, 0.15) is 0 Å². The van der Waals surface area contributed by atoms with E-state index >= 15 is 0 Å². The van der Waals surface area contributed by atoms with Crippen LogP contribution in [0.2, 0.25) is 0 Å². The SMILES string of the molecule is CC(C)CCCC(NN)c1cc(Br)c(Br)s1. The van der Waals surface area contributed by atoms with Gasteiger partial charge in [-0.05, 0) is 50.3 Å². The van der Waals surface area contributed by atoms with Crippen LogP contribution in [-0.2, 0) is 0 Å². The van der Waals surface area contributed by atoms with Crippen molar-refractivity contribution in [1.82, 2.24) is 5.43 Å². The number of thiophene rings is 1. The molecule has 0 aromatic carbocycles. The predicted octanol–water partition coefficient (Wildman–Crippen LogP) is 4.60. The quantitative estimate of drug-likeness (QED) is 0.567. The molecule has 0 spiro atoms. The van der Waals surface area contributed by atoms with Crippen LogP contribution in [0.3, 0.4) is 0 Å². The molecule has 0 aliphatic heterocycles. The first kappa shape index (κ1) is 14.6. The van der Waals surface area contributed by atoms with Crippen LogP contribution < -0.4 is 11.3 Å². The molecule has 0 saturated carbocycles. The van der Waals surface area contributed by atoms with Gasteiger partial charge in [-0.15, -0.1) is 11.3 Å². The van der Waals surface area contributed by atoms with E-state index in [1.807, 2.05) is 0 Å². The van der Waals surface area contributed by atoms with Crippen molar-refractivity contribution in [3.63, 3.8) is 0 Å². The van der Waals surface area contributed by atoms with Crippen molar-refractivity contribution in [2.24, 2.45) is 11.8 Å². The summed E-state index contributed by atoms with van der Waals surface area (Å²) in [5.41, 5.74) is 2.90. The molecule has 0 aliphatic carbocycles. The minimum atomic E-state index is 0.270. The smallest absolute Gasteiger partial charge is 0.0843 e. The lowest BCUT2D eigenvalue weighted by molar-refractivity contribution is 0.459. The van der Waals surface area contributed by atoms with Gasteiger partial charge in [0.05, 0.1) is 9.83 Å². The van der Waals surface area contributed by atoms with Gasteiger partial charge in [-0.2, -0.15) is 0 Å². The molecular weight excluding hydrogens is 352 g/mol. The first-order chi connectivity index (χ1) is 7.54. The molecule has 0 radical (unpaired) electrons. The van der Waals surface area contributed by atoms with Crippen molar-refractivity contribution in [1.29, 1.82) is 0 Å². The first-order valence-corrected chi connectivity index (χ1v) is 7.85. The second-order valence-corrected chi connectivity index (χ2v) is 7.57. The van der Waals surface area contributed by atoms with Gasteiger partial charge in [0.2, 0.25) is 0 Å². The molecular formula is C11H18Br2N2S. The molecule has 0 fully saturated rings. The maximum absolute atomic E-state index is 5.61. The lowest BCUT2D eigenvalue weighted by atomic mass is 10.0. The molecule has 1 unspecified atom stereocenters. The van der Waals surface area contributed by atoms with Crippen molar-refractivity contribution in [2.75, 3.05) is 0 Å². The summed E-state index contributed by atoms with van der Waals surface area (Å²) in [6.45, 7) is 4.51. The predicted molar refractivity (Wildman–Crippen MR) is 78.5 cm³/mol. The number of halogens is 2. The van der Waals surface area contributed by atoms with Gasteiger partial charge in [-0.3, -0.25) is 11.3 Å². The molecule has 0 amide bonds. The van der Waals surface area contributed by atoms with E-state index in [-0.39, 0.29) is 6.04 Å². The summed E-state index contributed by atoms with van der Waals surface area (Å²) in [4.78, 5) is 1.28. The Labute approximate surface area is 118 Å². The summed E-state index contributed by atoms with van der Waals surface area (Å²) in [6.07, 6.45) is 3.56. The number of hydrogen-bond acceptors (Lipinski definition) is 3. The highest BCUT2D eigenvalue weighted by Crippen LogP contribution is 2.36. The number of nitrogens with one attached hydrogen (secondary N) is 1. The van der Waals surface area contributed by atoms with Crippen LogP contribution >= 0.6 is 43.2 Å². The Morgan fingerprint density at radius 3 is 2.50 bits per heavy atom. The minimum absolute atomic E-state index is 0.270. The molecule has 1 aromatic heterocycles. The Kier molecular flexibility index (Phi) is 6.51. The van der Waals surface area contributed by atoms with Gasteiger partial charge in [0.25, 0.3) is 0 Å². The van der Waals surface area contributed by atoms with Crippen LogP contribution in [0.4, 0.5) is 0 Å². The molecule has 0 bridgehead atoms. The van der Waals surface area contributed by atoms with E-state index in [9.17, 15) is 0 Å². The number of hydrazine groups is 1. The molecule has 0 aliphatic rings. The fourth-order valence-corrected chi connectivity index (χ4v) is 3.76. The van der Waals surface area contributed by atoms with Crippen LogP contribution in [0.1, 0.15) is 44.0 Å². The number of hydrogen-bond donors (Lipinski definition) is 2. The van der Waals surface area contributed by atoms with Crippen LogP contribution in [0.15, 0.2) is 14.3 Å². The monoisotopic (exact) mass is 368 g/mol. The average molecular weight is 370 g/mol. The Hall–Kier alpha value is 0.580. The summed E-state index contributed by atoms with van der Waals surface area (Å²) in [5, 5.41) is 0. The normalized spacial score (nSPS) is 13.4. The highest BCUT2D eigenvalue weighted by molar-refractivity contribution is 9.13. The second kappa shape index (κ2) is 7.11. The number of nitrogens with two attached hydrogens (primary N) is 1. The van der Waals surface area contributed by atoms with Crippen LogP contribution in [0, 0.1) is 5.92 Å². The molecule has 1 atom stereocenters. The van der Waals surface area contributed by atoms with Crippen LogP contribution in [-0.4, -0.2) is 0 Å². The average Bonchev–Trinajstić information content (AvgIpc) is 2.53. The van der Waals surface area contributed by atoms with E-state index in [1.165, 1.54) is 17.7 Å². The van der Waals surface area contributed by atoms with Crippen LogP contribution in [0.25, 0.3) is 0 Å². The molecule has 16 heavy (non-hydrogen) atoms. The summed E-state index contributed by atoms with van der Waals surface area (Å²) in [6, 6.07) is 2.40. The first-order valence-electron chi connectivity index (χ1n) is 5.45. The van der Waals surface area contributed by atoms with Crippen molar-refractivity contribution in [3.05, 3.63) is 19.2 Å². The maximum Gasteiger partial charge on any atom is 0.0843 e. The molecule has 2 nitrogen and oxygen atoms in total. The molecule has 0 saturated heterocycles. The van der Waals surface area contributed by atoms with Gasteiger partial charge >= 0.3 is 0 Å². The third-order valence-corrected chi connectivity index (χ3v) is 5.85. The fourth-order valence-electron chi connectivity index (χ4n) is 1.57. The third kappa shape index (κ3) is 4.45. The molecule has 1 heterocycles. The lowest BCUT2D eigenvalue weighted by Gasteiger charge is -2.14. The Balaban J connectivity index is 2.53. The molecule has 1 aromatic rings. The van der Waals surface area contributed by atoms with Crippen molar-refractivity contribution >= 4 is 43.2 Å². The van der Waals surface area contributed by atoms with Crippen LogP contribution in [0.5, 0.6) is 0 Å². The Morgan fingerprint density at radius 2 is 2.06 bits per heavy atom. The molecule has 3 N–H and O–H groups in total. The highest BCUT2D eigenvalue weighted by Gasteiger charge is 2.14. The number of rotatable bonds is 6. The summed E-state index contributed by atoms with van der Waals surface area (Å²) >= 11 is 8.74. The Bertz CT molecular complexity index is 306. The van der Waals surface area contributed by atoms with Gasteiger partial charge in [0, 0.05) is 9.35 Å². The zero-order chi connectivity index (χ0) is 12.1. The van der Waals surface area contributed by atoms with Crippen molar-refractivity contribution in [2.45, 2.75) is 39.2 Å². The standard InChI is InChI=1S/C11H18Br2N2S/c1-7(2)4-3-5-9(15-14)10-6-8(12)11(13)16-10/h6-7,9,15H,3-5,14H2,1-2H3. The topological polar surface area (TPSA) is 38.0 Å². The highest BCUT2D eigenvalue weighted by atomic mass is 79.9. The second-order valence-electron chi connectivity index (χ2n) is 4.31. The van der Waals surface area contributed by atoms with Gasteiger partial charge in [-0.1, -0.05) is 26.7 Å². The zero-order valence-electron chi connectivity index (χ0n) is 9.59. The largest absolute Gasteiger partial charge is 0.271 e. The fraction of sp³-hybridized carbons (Fsp3) is 0.636. The lowest BCUT2D eigenvalue weighted by Crippen LogP contribution is -2.27. The molecule has 5 heteroatoms. The Morgan fingerprint density at radius 1 is 1.38 bits per heavy atom. The maximum atomic E-state index is 5.61. The van der Waals surface area contributed by atoms with E-state index in [0.29, 0.717) is 0 Å². The molecule has 1 rings (SSSR count).